The zero-order valence-electron chi connectivity index (χ0n) is 29.6. The maximum absolute atomic E-state index is 5.37. The first-order valence-electron chi connectivity index (χ1n) is 18.1. The SMILES string of the molecule is CC/C=C\C([C@@H](C)[C@H](C)/C=C\CC)n1c2ccccc2c2cccc(-c3nc(-c4ccccc4)nc(-c4cccc5c4sc4ccccc45)n3)c21. The molecule has 3 aromatic heterocycles. The highest BCUT2D eigenvalue weighted by atomic mass is 32.1. The highest BCUT2D eigenvalue weighted by Gasteiger charge is 2.27. The summed E-state index contributed by atoms with van der Waals surface area (Å²) in [6.45, 7) is 9.15. The molecule has 1 unspecified atom stereocenters. The number of hydrogen-bond donors (Lipinski definition) is 0. The quantitative estimate of drug-likeness (QED) is 0.135. The van der Waals surface area contributed by atoms with Gasteiger partial charge in [-0.05, 0) is 48.9 Å². The van der Waals surface area contributed by atoms with Gasteiger partial charge in [-0.25, -0.2) is 15.0 Å². The van der Waals surface area contributed by atoms with E-state index in [4.69, 9.17) is 15.0 Å². The van der Waals surface area contributed by atoms with Crippen LogP contribution in [0.2, 0.25) is 0 Å². The van der Waals surface area contributed by atoms with Crippen LogP contribution in [-0.4, -0.2) is 19.5 Å². The Morgan fingerprint density at radius 2 is 1.20 bits per heavy atom. The number of rotatable bonds is 10. The molecule has 8 rings (SSSR count). The molecule has 0 amide bonds. The van der Waals surface area contributed by atoms with Crippen molar-refractivity contribution in [1.29, 1.82) is 0 Å². The van der Waals surface area contributed by atoms with Crippen molar-refractivity contribution in [2.75, 3.05) is 0 Å². The maximum atomic E-state index is 5.37. The smallest absolute Gasteiger partial charge is 0.166 e. The summed E-state index contributed by atoms with van der Waals surface area (Å²) >= 11 is 1.80. The third-order valence-corrected chi connectivity index (χ3v) is 11.4. The van der Waals surface area contributed by atoms with Gasteiger partial charge < -0.3 is 4.57 Å². The molecule has 0 spiro atoms. The Morgan fingerprint density at radius 3 is 1.98 bits per heavy atom. The Bertz CT molecular complexity index is 2560. The lowest BCUT2D eigenvalue weighted by molar-refractivity contribution is 0.357. The van der Waals surface area contributed by atoms with Crippen LogP contribution in [0.25, 0.3) is 76.1 Å². The number of aromatic nitrogens is 4. The summed E-state index contributed by atoms with van der Waals surface area (Å²) in [5.41, 5.74) is 5.37. The summed E-state index contributed by atoms with van der Waals surface area (Å²) in [6.07, 6.45) is 11.4. The van der Waals surface area contributed by atoms with E-state index in [9.17, 15) is 0 Å². The summed E-state index contributed by atoms with van der Waals surface area (Å²) in [7, 11) is 0. The van der Waals surface area contributed by atoms with E-state index in [0.29, 0.717) is 29.3 Å². The Morgan fingerprint density at radius 1 is 0.588 bits per heavy atom. The summed E-state index contributed by atoms with van der Waals surface area (Å²) < 4.78 is 5.01. The van der Waals surface area contributed by atoms with Crippen LogP contribution in [0.1, 0.15) is 46.6 Å². The zero-order valence-corrected chi connectivity index (χ0v) is 30.4. The Hall–Kier alpha value is -5.39. The molecule has 3 heterocycles. The van der Waals surface area contributed by atoms with Crippen LogP contribution < -0.4 is 0 Å². The number of thiophene rings is 1. The molecule has 0 aliphatic rings. The number of hydrogen-bond acceptors (Lipinski definition) is 4. The first-order valence-corrected chi connectivity index (χ1v) is 19.0. The molecule has 4 nitrogen and oxygen atoms in total. The fraction of sp³-hybridized carbons (Fsp3) is 0.196. The average Bonchev–Trinajstić information content (AvgIpc) is 3.73. The number of allylic oxidation sites excluding steroid dienone is 4. The molecule has 0 aliphatic heterocycles. The first kappa shape index (κ1) is 32.8. The van der Waals surface area contributed by atoms with E-state index < -0.39 is 0 Å². The topological polar surface area (TPSA) is 43.6 Å². The molecule has 5 aromatic carbocycles. The van der Waals surface area contributed by atoms with Crippen molar-refractivity contribution in [2.45, 2.75) is 46.6 Å². The largest absolute Gasteiger partial charge is 0.333 e. The number of nitrogens with zero attached hydrogens (tertiary/aromatic N) is 4. The van der Waals surface area contributed by atoms with E-state index in [0.717, 1.165) is 35.0 Å². The highest BCUT2D eigenvalue weighted by molar-refractivity contribution is 7.26. The minimum Gasteiger partial charge on any atom is -0.333 e. The molecule has 3 atom stereocenters. The molecule has 0 bridgehead atoms. The number of fused-ring (bicyclic) bond motifs is 6. The van der Waals surface area contributed by atoms with Crippen molar-refractivity contribution in [3.8, 4) is 34.2 Å². The van der Waals surface area contributed by atoms with Crippen molar-refractivity contribution in [2.24, 2.45) is 11.8 Å². The molecule has 0 saturated carbocycles. The van der Waals surface area contributed by atoms with Crippen molar-refractivity contribution >= 4 is 53.3 Å². The van der Waals surface area contributed by atoms with Crippen molar-refractivity contribution < 1.29 is 0 Å². The van der Waals surface area contributed by atoms with E-state index in [-0.39, 0.29) is 6.04 Å². The lowest BCUT2D eigenvalue weighted by atomic mass is 9.87. The molecule has 5 heteroatoms. The number of para-hydroxylation sites is 2. The lowest BCUT2D eigenvalue weighted by Gasteiger charge is -2.29. The maximum Gasteiger partial charge on any atom is 0.166 e. The molecular formula is C46H42N4S. The zero-order chi connectivity index (χ0) is 34.9. The van der Waals surface area contributed by atoms with E-state index >= 15 is 0 Å². The van der Waals surface area contributed by atoms with Crippen LogP contribution >= 0.6 is 11.3 Å². The summed E-state index contributed by atoms with van der Waals surface area (Å²) in [6, 6.07) is 40.9. The third-order valence-electron chi connectivity index (χ3n) is 10.2. The van der Waals surface area contributed by atoms with Crippen LogP contribution in [0.5, 0.6) is 0 Å². The Kier molecular flexibility index (Phi) is 9.06. The van der Waals surface area contributed by atoms with Gasteiger partial charge in [0, 0.05) is 53.2 Å². The van der Waals surface area contributed by atoms with Crippen molar-refractivity contribution in [3.05, 3.63) is 140 Å². The molecule has 51 heavy (non-hydrogen) atoms. The van der Waals surface area contributed by atoms with Gasteiger partial charge in [0.2, 0.25) is 0 Å². The molecule has 0 fully saturated rings. The van der Waals surface area contributed by atoms with Gasteiger partial charge in [-0.15, -0.1) is 11.3 Å². The van der Waals surface area contributed by atoms with Gasteiger partial charge in [-0.2, -0.15) is 0 Å². The predicted octanol–water partition coefficient (Wildman–Crippen LogP) is 13.1. The highest BCUT2D eigenvalue weighted by Crippen LogP contribution is 2.43. The fourth-order valence-electron chi connectivity index (χ4n) is 7.41. The second kappa shape index (κ2) is 14.1. The molecule has 252 valence electrons. The van der Waals surface area contributed by atoms with Gasteiger partial charge in [0.1, 0.15) is 0 Å². The van der Waals surface area contributed by atoms with E-state index in [1.54, 1.807) is 11.3 Å². The van der Waals surface area contributed by atoms with Gasteiger partial charge >= 0.3 is 0 Å². The molecule has 0 N–H and O–H groups in total. The molecule has 0 aliphatic carbocycles. The van der Waals surface area contributed by atoms with Gasteiger partial charge in [0.05, 0.1) is 11.6 Å². The normalized spacial score (nSPS) is 14.0. The van der Waals surface area contributed by atoms with Gasteiger partial charge in [-0.3, -0.25) is 0 Å². The van der Waals surface area contributed by atoms with Crippen LogP contribution in [0, 0.1) is 11.8 Å². The molecule has 8 aromatic rings. The van der Waals surface area contributed by atoms with Gasteiger partial charge in [-0.1, -0.05) is 143 Å². The predicted molar refractivity (Wildman–Crippen MR) is 218 cm³/mol. The van der Waals surface area contributed by atoms with E-state index in [1.165, 1.54) is 36.5 Å². The van der Waals surface area contributed by atoms with Crippen molar-refractivity contribution in [1.82, 2.24) is 19.5 Å². The second-order valence-corrected chi connectivity index (χ2v) is 14.5. The molecule has 0 saturated heterocycles. The fourth-order valence-corrected chi connectivity index (χ4v) is 8.62. The molecule has 0 radical (unpaired) electrons. The van der Waals surface area contributed by atoms with Crippen LogP contribution in [0.3, 0.4) is 0 Å². The minimum absolute atomic E-state index is 0.118. The van der Waals surface area contributed by atoms with Gasteiger partial charge in [0.25, 0.3) is 0 Å². The number of benzene rings is 5. The standard InChI is InChI=1S/C46H42N4S/c1-5-7-18-30(3)31(4)39(27-8-6-2)50-40-28-14-12-21-33(40)35-23-16-25-37(42(35)50)45-47-44(32-19-10-9-11-20-32)48-46(49-45)38-26-17-24-36-34-22-13-15-29-41(34)51-43(36)38/h7-31,39H,5-6H2,1-4H3/b18-7-,27-8-/t30-,31+,39?/m1/s1. The monoisotopic (exact) mass is 682 g/mol. The molecular weight excluding hydrogens is 641 g/mol. The average molecular weight is 683 g/mol. The lowest BCUT2D eigenvalue weighted by Crippen LogP contribution is -2.20. The Labute approximate surface area is 303 Å². The summed E-state index contributed by atoms with van der Waals surface area (Å²) in [5.74, 6) is 2.75. The summed E-state index contributed by atoms with van der Waals surface area (Å²) in [4.78, 5) is 15.8. The van der Waals surface area contributed by atoms with Gasteiger partial charge in [0.15, 0.2) is 17.5 Å². The van der Waals surface area contributed by atoms with Crippen LogP contribution in [-0.2, 0) is 0 Å². The summed E-state index contributed by atoms with van der Waals surface area (Å²) in [5, 5.41) is 4.93. The third kappa shape index (κ3) is 5.96. The Balaban J connectivity index is 1.42. The second-order valence-electron chi connectivity index (χ2n) is 13.4. The van der Waals surface area contributed by atoms with Crippen LogP contribution in [0.4, 0.5) is 0 Å². The van der Waals surface area contributed by atoms with E-state index in [2.05, 4.69) is 154 Å². The minimum atomic E-state index is 0.118. The van der Waals surface area contributed by atoms with E-state index in [1.807, 2.05) is 18.2 Å². The first-order chi connectivity index (χ1) is 25.1. The van der Waals surface area contributed by atoms with Crippen LogP contribution in [0.15, 0.2) is 140 Å². The van der Waals surface area contributed by atoms with Crippen molar-refractivity contribution in [3.63, 3.8) is 0 Å².